The summed E-state index contributed by atoms with van der Waals surface area (Å²) in [6.07, 6.45) is 0.372. The Hall–Kier alpha value is -1.55. The van der Waals surface area contributed by atoms with E-state index >= 15 is 0 Å². The van der Waals surface area contributed by atoms with Crippen LogP contribution in [0, 0.1) is 13.8 Å². The van der Waals surface area contributed by atoms with Crippen molar-refractivity contribution in [3.63, 3.8) is 0 Å². The largest absolute Gasteiger partial charge is 0.444 e. The number of nitrogens with two attached hydrogens (primary N) is 1. The van der Waals surface area contributed by atoms with Crippen LogP contribution in [-0.4, -0.2) is 25.3 Å². The lowest BCUT2D eigenvalue weighted by Crippen LogP contribution is -2.25. The van der Waals surface area contributed by atoms with Crippen LogP contribution in [-0.2, 0) is 4.74 Å². The standard InChI is InChI=1S/C13H18N2O2/c1-9-3-4-10(2)12(7-9)15-8-11(5-6-14)17-13(15)16/h3-4,7,11H,5-6,8,14H2,1-2H3. The third-order valence-corrected chi connectivity index (χ3v) is 3.02. The Balaban J connectivity index is 2.22. The highest BCUT2D eigenvalue weighted by Gasteiger charge is 2.32. The zero-order valence-corrected chi connectivity index (χ0v) is 10.3. The molecule has 0 saturated carbocycles. The molecular weight excluding hydrogens is 216 g/mol. The third-order valence-electron chi connectivity index (χ3n) is 3.02. The molecule has 0 aromatic heterocycles. The molecule has 1 amide bonds. The molecule has 0 radical (unpaired) electrons. The summed E-state index contributed by atoms with van der Waals surface area (Å²) in [7, 11) is 0. The monoisotopic (exact) mass is 234 g/mol. The molecule has 1 aromatic carbocycles. The van der Waals surface area contributed by atoms with E-state index < -0.39 is 0 Å². The van der Waals surface area contributed by atoms with E-state index in [1.54, 1.807) is 4.90 Å². The number of carbonyl (C=O) groups excluding carboxylic acids is 1. The molecule has 1 aromatic rings. The van der Waals surface area contributed by atoms with Crippen molar-refractivity contribution in [1.82, 2.24) is 0 Å². The molecule has 1 fully saturated rings. The van der Waals surface area contributed by atoms with Gasteiger partial charge in [0.15, 0.2) is 0 Å². The smallest absolute Gasteiger partial charge is 0.414 e. The fourth-order valence-electron chi connectivity index (χ4n) is 2.06. The van der Waals surface area contributed by atoms with Crippen molar-refractivity contribution in [2.45, 2.75) is 26.4 Å². The van der Waals surface area contributed by atoms with E-state index in [4.69, 9.17) is 10.5 Å². The minimum Gasteiger partial charge on any atom is -0.444 e. The lowest BCUT2D eigenvalue weighted by molar-refractivity contribution is 0.138. The first-order valence-corrected chi connectivity index (χ1v) is 5.87. The van der Waals surface area contributed by atoms with Crippen LogP contribution >= 0.6 is 0 Å². The lowest BCUT2D eigenvalue weighted by atomic mass is 10.1. The van der Waals surface area contributed by atoms with Crippen molar-refractivity contribution in [2.24, 2.45) is 5.73 Å². The van der Waals surface area contributed by atoms with Crippen LogP contribution < -0.4 is 10.6 Å². The van der Waals surface area contributed by atoms with Gasteiger partial charge in [-0.2, -0.15) is 0 Å². The first-order valence-electron chi connectivity index (χ1n) is 5.87. The molecule has 2 N–H and O–H groups in total. The van der Waals surface area contributed by atoms with Crippen LogP contribution in [0.3, 0.4) is 0 Å². The number of carbonyl (C=O) groups is 1. The maximum atomic E-state index is 11.8. The number of hydrogen-bond donors (Lipinski definition) is 1. The Bertz CT molecular complexity index is 431. The predicted octanol–water partition coefficient (Wildman–Crippen LogP) is 1.98. The third kappa shape index (κ3) is 2.42. The molecule has 1 saturated heterocycles. The van der Waals surface area contributed by atoms with Gasteiger partial charge in [-0.15, -0.1) is 0 Å². The van der Waals surface area contributed by atoms with Crippen molar-refractivity contribution in [2.75, 3.05) is 18.0 Å². The topological polar surface area (TPSA) is 55.6 Å². The fourth-order valence-corrected chi connectivity index (χ4v) is 2.06. The van der Waals surface area contributed by atoms with E-state index in [2.05, 4.69) is 0 Å². The predicted molar refractivity (Wildman–Crippen MR) is 67.2 cm³/mol. The van der Waals surface area contributed by atoms with E-state index in [0.29, 0.717) is 19.5 Å². The van der Waals surface area contributed by atoms with Gasteiger partial charge in [0, 0.05) is 0 Å². The molecule has 1 aliphatic heterocycles. The number of anilines is 1. The van der Waals surface area contributed by atoms with Crippen molar-refractivity contribution in [1.29, 1.82) is 0 Å². The molecule has 92 valence electrons. The van der Waals surface area contributed by atoms with Gasteiger partial charge in [0.05, 0.1) is 12.2 Å². The van der Waals surface area contributed by atoms with Crippen molar-refractivity contribution >= 4 is 11.8 Å². The summed E-state index contributed by atoms with van der Waals surface area (Å²) in [6.45, 7) is 5.15. The molecule has 1 unspecified atom stereocenters. The molecule has 2 rings (SSSR count). The molecule has 4 nitrogen and oxygen atoms in total. The molecule has 0 bridgehead atoms. The van der Waals surface area contributed by atoms with Gasteiger partial charge in [-0.1, -0.05) is 12.1 Å². The Kier molecular flexibility index (Phi) is 3.33. The summed E-state index contributed by atoms with van der Waals surface area (Å²) in [5, 5.41) is 0. The number of ether oxygens (including phenoxy) is 1. The average molecular weight is 234 g/mol. The van der Waals surface area contributed by atoms with Crippen molar-refractivity contribution in [3.05, 3.63) is 29.3 Å². The maximum absolute atomic E-state index is 11.8. The number of amides is 1. The highest BCUT2D eigenvalue weighted by molar-refractivity contribution is 5.90. The molecule has 1 heterocycles. The van der Waals surface area contributed by atoms with E-state index in [1.165, 1.54) is 0 Å². The van der Waals surface area contributed by atoms with E-state index in [0.717, 1.165) is 16.8 Å². The van der Waals surface area contributed by atoms with Crippen LogP contribution in [0.5, 0.6) is 0 Å². The summed E-state index contributed by atoms with van der Waals surface area (Å²) >= 11 is 0. The van der Waals surface area contributed by atoms with Crippen molar-refractivity contribution < 1.29 is 9.53 Å². The maximum Gasteiger partial charge on any atom is 0.414 e. The summed E-state index contributed by atoms with van der Waals surface area (Å²) in [4.78, 5) is 13.5. The number of aryl methyl sites for hydroxylation is 2. The van der Waals surface area contributed by atoms with Crippen LogP contribution in [0.4, 0.5) is 10.5 Å². The van der Waals surface area contributed by atoms with Crippen LogP contribution in [0.1, 0.15) is 17.5 Å². The molecule has 17 heavy (non-hydrogen) atoms. The molecule has 0 spiro atoms. The van der Waals surface area contributed by atoms with E-state index in [-0.39, 0.29) is 12.2 Å². The zero-order valence-electron chi connectivity index (χ0n) is 10.3. The highest BCUT2D eigenvalue weighted by atomic mass is 16.6. The average Bonchev–Trinajstić information content (AvgIpc) is 2.64. The SMILES string of the molecule is Cc1ccc(C)c(N2CC(CCN)OC2=O)c1. The molecular formula is C13H18N2O2. The van der Waals surface area contributed by atoms with E-state index in [9.17, 15) is 4.79 Å². The second-order valence-electron chi connectivity index (χ2n) is 4.48. The second-order valence-corrected chi connectivity index (χ2v) is 4.48. The Morgan fingerprint density at radius 3 is 2.94 bits per heavy atom. The van der Waals surface area contributed by atoms with E-state index in [1.807, 2.05) is 32.0 Å². The summed E-state index contributed by atoms with van der Waals surface area (Å²) in [5.41, 5.74) is 8.65. The second kappa shape index (κ2) is 4.75. The number of hydrogen-bond acceptors (Lipinski definition) is 3. The Morgan fingerprint density at radius 2 is 2.24 bits per heavy atom. The Labute approximate surface area is 101 Å². The normalized spacial score (nSPS) is 19.6. The lowest BCUT2D eigenvalue weighted by Gasteiger charge is -2.16. The number of benzene rings is 1. The Morgan fingerprint density at radius 1 is 1.47 bits per heavy atom. The molecule has 1 atom stereocenters. The van der Waals surface area contributed by atoms with Crippen LogP contribution in [0.15, 0.2) is 18.2 Å². The summed E-state index contributed by atoms with van der Waals surface area (Å²) in [6, 6.07) is 6.08. The first kappa shape index (κ1) is 11.9. The van der Waals surface area contributed by atoms with Gasteiger partial charge in [0.25, 0.3) is 0 Å². The van der Waals surface area contributed by atoms with Crippen molar-refractivity contribution in [3.8, 4) is 0 Å². The first-order chi connectivity index (χ1) is 8.11. The van der Waals surface area contributed by atoms with Gasteiger partial charge in [-0.25, -0.2) is 4.79 Å². The minimum absolute atomic E-state index is 0.0765. The molecule has 4 heteroatoms. The van der Waals surface area contributed by atoms with Gasteiger partial charge in [0.2, 0.25) is 0 Å². The number of cyclic esters (lactones) is 1. The quantitative estimate of drug-likeness (QED) is 0.870. The minimum atomic E-state index is -0.267. The zero-order chi connectivity index (χ0) is 12.4. The molecule has 0 aliphatic carbocycles. The van der Waals surface area contributed by atoms with Gasteiger partial charge in [0.1, 0.15) is 6.10 Å². The summed E-state index contributed by atoms with van der Waals surface area (Å²) in [5.74, 6) is 0. The number of nitrogens with zero attached hydrogens (tertiary/aromatic N) is 1. The number of rotatable bonds is 3. The van der Waals surface area contributed by atoms with Gasteiger partial charge in [-0.3, -0.25) is 4.90 Å². The van der Waals surface area contributed by atoms with Crippen LogP contribution in [0.2, 0.25) is 0 Å². The van der Waals surface area contributed by atoms with Gasteiger partial charge >= 0.3 is 6.09 Å². The summed E-state index contributed by atoms with van der Waals surface area (Å²) < 4.78 is 5.27. The van der Waals surface area contributed by atoms with Gasteiger partial charge < -0.3 is 10.5 Å². The van der Waals surface area contributed by atoms with Crippen LogP contribution in [0.25, 0.3) is 0 Å². The fraction of sp³-hybridized carbons (Fsp3) is 0.462. The van der Waals surface area contributed by atoms with Gasteiger partial charge in [-0.05, 0) is 44.0 Å². The highest BCUT2D eigenvalue weighted by Crippen LogP contribution is 2.26. The molecule has 1 aliphatic rings.